The SMILES string of the molecule is CC1(NS(=O)(=O)c2ccc(CC#N)cc2)CCC1. The Morgan fingerprint density at radius 2 is 1.94 bits per heavy atom. The molecule has 18 heavy (non-hydrogen) atoms. The lowest BCUT2D eigenvalue weighted by atomic mass is 9.80. The zero-order valence-electron chi connectivity index (χ0n) is 10.3. The Balaban J connectivity index is 2.17. The molecule has 96 valence electrons. The molecule has 0 atom stereocenters. The summed E-state index contributed by atoms with van der Waals surface area (Å²) in [5, 5.41) is 8.56. The molecular weight excluding hydrogens is 248 g/mol. The number of benzene rings is 1. The average Bonchev–Trinajstić information content (AvgIpc) is 2.28. The van der Waals surface area contributed by atoms with E-state index in [1.165, 1.54) is 0 Å². The van der Waals surface area contributed by atoms with Gasteiger partial charge in [-0.1, -0.05) is 12.1 Å². The minimum atomic E-state index is -3.44. The van der Waals surface area contributed by atoms with Crippen molar-refractivity contribution in [2.24, 2.45) is 0 Å². The fourth-order valence-corrected chi connectivity index (χ4v) is 3.54. The largest absolute Gasteiger partial charge is 0.241 e. The molecule has 5 heteroatoms. The maximum Gasteiger partial charge on any atom is 0.241 e. The Morgan fingerprint density at radius 1 is 1.33 bits per heavy atom. The second-order valence-electron chi connectivity index (χ2n) is 5.00. The van der Waals surface area contributed by atoms with Gasteiger partial charge in [-0.3, -0.25) is 0 Å². The van der Waals surface area contributed by atoms with Gasteiger partial charge in [0.2, 0.25) is 10.0 Å². The van der Waals surface area contributed by atoms with Crippen molar-refractivity contribution in [3.8, 4) is 6.07 Å². The van der Waals surface area contributed by atoms with E-state index in [1.807, 2.05) is 13.0 Å². The van der Waals surface area contributed by atoms with Gasteiger partial charge in [-0.05, 0) is 43.9 Å². The summed E-state index contributed by atoms with van der Waals surface area (Å²) in [6, 6.07) is 8.50. The first-order valence-electron chi connectivity index (χ1n) is 5.95. The monoisotopic (exact) mass is 264 g/mol. The van der Waals surface area contributed by atoms with E-state index in [9.17, 15) is 8.42 Å². The minimum absolute atomic E-state index is 0.261. The van der Waals surface area contributed by atoms with Gasteiger partial charge in [-0.25, -0.2) is 13.1 Å². The summed E-state index contributed by atoms with van der Waals surface area (Å²) in [5.74, 6) is 0. The van der Waals surface area contributed by atoms with E-state index in [2.05, 4.69) is 4.72 Å². The molecule has 1 aromatic rings. The third kappa shape index (κ3) is 2.71. The van der Waals surface area contributed by atoms with Crippen LogP contribution in [0.2, 0.25) is 0 Å². The number of rotatable bonds is 4. The predicted molar refractivity (Wildman–Crippen MR) is 68.3 cm³/mol. The molecule has 0 unspecified atom stereocenters. The summed E-state index contributed by atoms with van der Waals surface area (Å²) < 4.78 is 27.0. The fourth-order valence-electron chi connectivity index (χ4n) is 2.07. The van der Waals surface area contributed by atoms with Crippen LogP contribution in [0.3, 0.4) is 0 Å². The first kappa shape index (κ1) is 13.1. The number of sulfonamides is 1. The van der Waals surface area contributed by atoms with E-state index >= 15 is 0 Å². The molecule has 0 saturated heterocycles. The Morgan fingerprint density at radius 3 is 2.39 bits per heavy atom. The Kier molecular flexibility index (Phi) is 3.42. The van der Waals surface area contributed by atoms with Gasteiger partial charge in [0.25, 0.3) is 0 Å². The summed E-state index contributed by atoms with van der Waals surface area (Å²) in [7, 11) is -3.44. The first-order chi connectivity index (χ1) is 8.45. The maximum absolute atomic E-state index is 12.1. The quantitative estimate of drug-likeness (QED) is 0.904. The van der Waals surface area contributed by atoms with Gasteiger partial charge in [-0.15, -0.1) is 0 Å². The van der Waals surface area contributed by atoms with Gasteiger partial charge in [0, 0.05) is 5.54 Å². The molecule has 0 bridgehead atoms. The van der Waals surface area contributed by atoms with Crippen LogP contribution in [0, 0.1) is 11.3 Å². The van der Waals surface area contributed by atoms with Crippen molar-refractivity contribution in [2.75, 3.05) is 0 Å². The second kappa shape index (κ2) is 4.71. The fraction of sp³-hybridized carbons (Fsp3) is 0.462. The van der Waals surface area contributed by atoms with E-state index in [4.69, 9.17) is 5.26 Å². The molecule has 2 rings (SSSR count). The number of nitriles is 1. The van der Waals surface area contributed by atoms with E-state index in [-0.39, 0.29) is 10.4 Å². The third-order valence-electron chi connectivity index (χ3n) is 3.35. The van der Waals surface area contributed by atoms with Crippen molar-refractivity contribution in [3.05, 3.63) is 29.8 Å². The van der Waals surface area contributed by atoms with Gasteiger partial charge in [-0.2, -0.15) is 5.26 Å². The van der Waals surface area contributed by atoms with E-state index in [0.717, 1.165) is 24.8 Å². The molecule has 1 N–H and O–H groups in total. The second-order valence-corrected chi connectivity index (χ2v) is 6.68. The molecule has 0 heterocycles. The Bertz CT molecular complexity index is 566. The van der Waals surface area contributed by atoms with Gasteiger partial charge in [0.15, 0.2) is 0 Å². The molecule has 1 saturated carbocycles. The zero-order chi connectivity index (χ0) is 13.2. The van der Waals surface area contributed by atoms with E-state index < -0.39 is 10.0 Å². The van der Waals surface area contributed by atoms with Crippen LogP contribution < -0.4 is 4.72 Å². The summed E-state index contributed by atoms with van der Waals surface area (Å²) in [6.07, 6.45) is 3.14. The summed E-state index contributed by atoms with van der Waals surface area (Å²) in [5.41, 5.74) is 0.538. The molecule has 4 nitrogen and oxygen atoms in total. The summed E-state index contributed by atoms with van der Waals surface area (Å²) in [4.78, 5) is 0.261. The highest BCUT2D eigenvalue weighted by molar-refractivity contribution is 7.89. The molecule has 0 amide bonds. The number of nitrogens with zero attached hydrogens (tertiary/aromatic N) is 1. The van der Waals surface area contributed by atoms with Crippen LogP contribution in [0.5, 0.6) is 0 Å². The van der Waals surface area contributed by atoms with Gasteiger partial charge < -0.3 is 0 Å². The predicted octanol–water partition coefficient (Wildman–Crippen LogP) is 1.97. The topological polar surface area (TPSA) is 70.0 Å². The molecule has 0 radical (unpaired) electrons. The highest BCUT2D eigenvalue weighted by Crippen LogP contribution is 2.32. The smallest absolute Gasteiger partial charge is 0.207 e. The highest BCUT2D eigenvalue weighted by atomic mass is 32.2. The molecule has 0 aromatic heterocycles. The van der Waals surface area contributed by atoms with Crippen molar-refractivity contribution in [3.63, 3.8) is 0 Å². The molecule has 1 fully saturated rings. The maximum atomic E-state index is 12.1. The summed E-state index contributed by atoms with van der Waals surface area (Å²) >= 11 is 0. The normalized spacial score (nSPS) is 17.8. The van der Waals surface area contributed by atoms with Gasteiger partial charge >= 0.3 is 0 Å². The van der Waals surface area contributed by atoms with Crippen LogP contribution in [-0.2, 0) is 16.4 Å². The lowest BCUT2D eigenvalue weighted by Gasteiger charge is -2.38. The molecule has 1 aliphatic rings. The van der Waals surface area contributed by atoms with Gasteiger partial charge in [0.05, 0.1) is 17.4 Å². The molecular formula is C13H16N2O2S. The van der Waals surface area contributed by atoms with Crippen LogP contribution in [0.4, 0.5) is 0 Å². The van der Waals surface area contributed by atoms with Crippen LogP contribution >= 0.6 is 0 Å². The van der Waals surface area contributed by atoms with Crippen molar-refractivity contribution < 1.29 is 8.42 Å². The Hall–Kier alpha value is -1.38. The third-order valence-corrected chi connectivity index (χ3v) is 5.01. The van der Waals surface area contributed by atoms with Crippen molar-refractivity contribution in [1.82, 2.24) is 4.72 Å². The lowest BCUT2D eigenvalue weighted by Crippen LogP contribution is -2.50. The van der Waals surface area contributed by atoms with E-state index in [0.29, 0.717) is 6.42 Å². The van der Waals surface area contributed by atoms with Crippen molar-refractivity contribution in [1.29, 1.82) is 5.26 Å². The van der Waals surface area contributed by atoms with Crippen LogP contribution in [-0.4, -0.2) is 14.0 Å². The van der Waals surface area contributed by atoms with Crippen molar-refractivity contribution >= 4 is 10.0 Å². The number of hydrogen-bond donors (Lipinski definition) is 1. The van der Waals surface area contributed by atoms with E-state index in [1.54, 1.807) is 24.3 Å². The van der Waals surface area contributed by atoms with Crippen LogP contribution in [0.25, 0.3) is 0 Å². The molecule has 0 spiro atoms. The molecule has 0 aliphatic heterocycles. The van der Waals surface area contributed by atoms with Crippen LogP contribution in [0.15, 0.2) is 29.2 Å². The summed E-state index contributed by atoms with van der Waals surface area (Å²) in [6.45, 7) is 1.93. The van der Waals surface area contributed by atoms with Crippen molar-refractivity contribution in [2.45, 2.75) is 43.0 Å². The lowest BCUT2D eigenvalue weighted by molar-refractivity contribution is 0.248. The number of hydrogen-bond acceptors (Lipinski definition) is 3. The van der Waals surface area contributed by atoms with Gasteiger partial charge in [0.1, 0.15) is 0 Å². The standard InChI is InChI=1S/C13H16N2O2S/c1-13(8-2-9-13)15-18(16,17)12-5-3-11(4-6-12)7-10-14/h3-6,15H,2,7-9H2,1H3. The average molecular weight is 264 g/mol. The Labute approximate surface area is 108 Å². The highest BCUT2D eigenvalue weighted by Gasteiger charge is 2.36. The first-order valence-corrected chi connectivity index (χ1v) is 7.43. The minimum Gasteiger partial charge on any atom is -0.207 e. The molecule has 1 aliphatic carbocycles. The van der Waals surface area contributed by atoms with Crippen LogP contribution in [0.1, 0.15) is 31.7 Å². The molecule has 1 aromatic carbocycles. The number of nitrogens with one attached hydrogen (secondary N) is 1. The zero-order valence-corrected chi connectivity index (χ0v) is 11.1.